The van der Waals surface area contributed by atoms with E-state index in [1.54, 1.807) is 7.11 Å². The minimum atomic E-state index is -0.109. The molecule has 1 aromatic rings. The number of piperidine rings is 1. The third kappa shape index (κ3) is 6.77. The SMILES string of the molecule is COCCN1CCC(CNC(=O)NCc2ccc(Cl)cc2)CC1. The topological polar surface area (TPSA) is 53.6 Å². The van der Waals surface area contributed by atoms with E-state index in [1.165, 1.54) is 0 Å². The van der Waals surface area contributed by atoms with E-state index in [9.17, 15) is 4.79 Å². The van der Waals surface area contributed by atoms with Crippen LogP contribution >= 0.6 is 11.6 Å². The van der Waals surface area contributed by atoms with E-state index in [4.69, 9.17) is 16.3 Å². The summed E-state index contributed by atoms with van der Waals surface area (Å²) in [6, 6.07) is 7.38. The third-order valence-corrected chi connectivity index (χ3v) is 4.49. The lowest BCUT2D eigenvalue weighted by molar-refractivity contribution is 0.120. The summed E-state index contributed by atoms with van der Waals surface area (Å²) in [5.74, 6) is 0.565. The van der Waals surface area contributed by atoms with E-state index >= 15 is 0 Å². The molecule has 2 amide bonds. The Morgan fingerprint density at radius 3 is 2.61 bits per heavy atom. The average Bonchev–Trinajstić information content (AvgIpc) is 2.58. The van der Waals surface area contributed by atoms with Crippen LogP contribution in [0.2, 0.25) is 5.02 Å². The van der Waals surface area contributed by atoms with Gasteiger partial charge in [0.2, 0.25) is 0 Å². The second-order valence-corrected chi connectivity index (χ2v) is 6.40. The van der Waals surface area contributed by atoms with Crippen LogP contribution < -0.4 is 10.6 Å². The molecule has 1 heterocycles. The molecule has 2 N–H and O–H groups in total. The number of amides is 2. The molecular weight excluding hydrogens is 314 g/mol. The van der Waals surface area contributed by atoms with Gasteiger partial charge in [-0.3, -0.25) is 0 Å². The third-order valence-electron chi connectivity index (χ3n) is 4.24. The summed E-state index contributed by atoms with van der Waals surface area (Å²) in [5, 5.41) is 6.55. The predicted molar refractivity (Wildman–Crippen MR) is 92.7 cm³/mol. The van der Waals surface area contributed by atoms with Crippen molar-refractivity contribution in [2.45, 2.75) is 19.4 Å². The van der Waals surface area contributed by atoms with E-state index in [0.29, 0.717) is 17.5 Å². The van der Waals surface area contributed by atoms with Crippen molar-refractivity contribution in [3.8, 4) is 0 Å². The van der Waals surface area contributed by atoms with Crippen LogP contribution in [0.15, 0.2) is 24.3 Å². The van der Waals surface area contributed by atoms with E-state index in [1.807, 2.05) is 24.3 Å². The summed E-state index contributed by atoms with van der Waals surface area (Å²) in [7, 11) is 1.74. The molecule has 0 bridgehead atoms. The van der Waals surface area contributed by atoms with Gasteiger partial charge < -0.3 is 20.3 Å². The number of ether oxygens (including phenoxy) is 1. The lowest BCUT2D eigenvalue weighted by Crippen LogP contribution is -2.42. The summed E-state index contributed by atoms with van der Waals surface area (Å²) in [6.45, 7) is 5.21. The Morgan fingerprint density at radius 2 is 1.96 bits per heavy atom. The zero-order chi connectivity index (χ0) is 16.5. The van der Waals surface area contributed by atoms with Crippen molar-refractivity contribution in [2.24, 2.45) is 5.92 Å². The molecule has 23 heavy (non-hydrogen) atoms. The Hall–Kier alpha value is -1.30. The van der Waals surface area contributed by atoms with Crippen molar-refractivity contribution in [3.05, 3.63) is 34.9 Å². The fraction of sp³-hybridized carbons (Fsp3) is 0.588. The Morgan fingerprint density at radius 1 is 1.26 bits per heavy atom. The number of hydrogen-bond donors (Lipinski definition) is 2. The highest BCUT2D eigenvalue weighted by Crippen LogP contribution is 2.16. The summed E-state index contributed by atoms with van der Waals surface area (Å²) >= 11 is 5.84. The van der Waals surface area contributed by atoms with Gasteiger partial charge in [-0.25, -0.2) is 4.79 Å². The zero-order valence-electron chi connectivity index (χ0n) is 13.7. The molecule has 128 valence electrons. The molecular formula is C17H26ClN3O2. The van der Waals surface area contributed by atoms with Gasteiger partial charge >= 0.3 is 6.03 Å². The second kappa shape index (κ2) is 9.75. The molecule has 0 radical (unpaired) electrons. The monoisotopic (exact) mass is 339 g/mol. The Labute approximate surface area is 143 Å². The number of methoxy groups -OCH3 is 1. The summed E-state index contributed by atoms with van der Waals surface area (Å²) in [4.78, 5) is 14.3. The summed E-state index contributed by atoms with van der Waals surface area (Å²) in [6.07, 6.45) is 2.25. The van der Waals surface area contributed by atoms with Gasteiger partial charge in [0.25, 0.3) is 0 Å². The number of hydrogen-bond acceptors (Lipinski definition) is 3. The highest BCUT2D eigenvalue weighted by Gasteiger charge is 2.19. The first kappa shape index (κ1) is 18.0. The molecule has 6 heteroatoms. The number of carbonyl (C=O) groups is 1. The molecule has 0 atom stereocenters. The number of carbonyl (C=O) groups excluding carboxylic acids is 1. The lowest BCUT2D eigenvalue weighted by atomic mass is 9.97. The van der Waals surface area contributed by atoms with Crippen molar-refractivity contribution in [2.75, 3.05) is 39.9 Å². The first-order valence-electron chi connectivity index (χ1n) is 8.15. The lowest BCUT2D eigenvalue weighted by Gasteiger charge is -2.31. The smallest absolute Gasteiger partial charge is 0.315 e. The Kier molecular flexibility index (Phi) is 7.65. The standard InChI is InChI=1S/C17H26ClN3O2/c1-23-11-10-21-8-6-15(7-9-21)13-20-17(22)19-12-14-2-4-16(18)5-3-14/h2-5,15H,6-13H2,1H3,(H2,19,20,22). The van der Waals surface area contributed by atoms with Gasteiger partial charge in [-0.2, -0.15) is 0 Å². The minimum absolute atomic E-state index is 0.109. The van der Waals surface area contributed by atoms with Crippen LogP contribution in [0.25, 0.3) is 0 Å². The van der Waals surface area contributed by atoms with Gasteiger partial charge in [0.1, 0.15) is 0 Å². The van der Waals surface area contributed by atoms with Gasteiger partial charge in [-0.05, 0) is 49.5 Å². The Bertz CT molecular complexity index is 473. The maximum absolute atomic E-state index is 11.9. The number of nitrogens with one attached hydrogen (secondary N) is 2. The molecule has 1 aliphatic heterocycles. The number of rotatable bonds is 7. The fourth-order valence-corrected chi connectivity index (χ4v) is 2.84. The van der Waals surface area contributed by atoms with E-state index in [-0.39, 0.29) is 6.03 Å². The molecule has 5 nitrogen and oxygen atoms in total. The van der Waals surface area contributed by atoms with E-state index in [2.05, 4.69) is 15.5 Å². The highest BCUT2D eigenvalue weighted by molar-refractivity contribution is 6.30. The number of benzene rings is 1. The highest BCUT2D eigenvalue weighted by atomic mass is 35.5. The first-order chi connectivity index (χ1) is 11.2. The van der Waals surface area contributed by atoms with Gasteiger partial charge in [0, 0.05) is 31.8 Å². The number of urea groups is 1. The normalized spacial score (nSPS) is 16.3. The molecule has 2 rings (SSSR count). The molecule has 1 saturated heterocycles. The second-order valence-electron chi connectivity index (χ2n) is 5.97. The molecule has 0 aliphatic carbocycles. The molecule has 0 aromatic heterocycles. The quantitative estimate of drug-likeness (QED) is 0.802. The zero-order valence-corrected chi connectivity index (χ0v) is 14.4. The first-order valence-corrected chi connectivity index (χ1v) is 8.52. The number of nitrogens with zero attached hydrogens (tertiary/aromatic N) is 1. The van der Waals surface area contributed by atoms with Gasteiger partial charge in [0.05, 0.1) is 6.61 Å². The van der Waals surface area contributed by atoms with Crippen LogP contribution in [0.5, 0.6) is 0 Å². The van der Waals surface area contributed by atoms with Crippen LogP contribution in [0, 0.1) is 5.92 Å². The van der Waals surface area contributed by atoms with Crippen LogP contribution in [-0.4, -0.2) is 50.8 Å². The van der Waals surface area contributed by atoms with E-state index in [0.717, 1.165) is 51.2 Å². The van der Waals surface area contributed by atoms with Gasteiger partial charge in [-0.1, -0.05) is 23.7 Å². The van der Waals surface area contributed by atoms with Crippen molar-refractivity contribution in [3.63, 3.8) is 0 Å². The predicted octanol–water partition coefficient (Wildman–Crippen LogP) is 2.50. The fourth-order valence-electron chi connectivity index (χ4n) is 2.72. The Balaban J connectivity index is 1.59. The van der Waals surface area contributed by atoms with Crippen LogP contribution in [-0.2, 0) is 11.3 Å². The van der Waals surface area contributed by atoms with Crippen LogP contribution in [0.3, 0.4) is 0 Å². The molecule has 0 spiro atoms. The van der Waals surface area contributed by atoms with Crippen LogP contribution in [0.1, 0.15) is 18.4 Å². The van der Waals surface area contributed by atoms with Gasteiger partial charge in [-0.15, -0.1) is 0 Å². The number of halogens is 1. The molecule has 1 fully saturated rings. The van der Waals surface area contributed by atoms with E-state index < -0.39 is 0 Å². The van der Waals surface area contributed by atoms with Crippen molar-refractivity contribution < 1.29 is 9.53 Å². The summed E-state index contributed by atoms with van der Waals surface area (Å²) in [5.41, 5.74) is 1.04. The average molecular weight is 340 g/mol. The molecule has 1 aromatic carbocycles. The van der Waals surface area contributed by atoms with Crippen molar-refractivity contribution in [1.29, 1.82) is 0 Å². The maximum Gasteiger partial charge on any atom is 0.315 e. The molecule has 0 unspecified atom stereocenters. The maximum atomic E-state index is 11.9. The largest absolute Gasteiger partial charge is 0.383 e. The molecule has 0 saturated carbocycles. The summed E-state index contributed by atoms with van der Waals surface area (Å²) < 4.78 is 5.11. The minimum Gasteiger partial charge on any atom is -0.383 e. The number of likely N-dealkylation sites (tertiary alicyclic amines) is 1. The van der Waals surface area contributed by atoms with Crippen molar-refractivity contribution in [1.82, 2.24) is 15.5 Å². The van der Waals surface area contributed by atoms with Crippen molar-refractivity contribution >= 4 is 17.6 Å². The molecule has 1 aliphatic rings. The van der Waals surface area contributed by atoms with Crippen LogP contribution in [0.4, 0.5) is 4.79 Å². The van der Waals surface area contributed by atoms with Gasteiger partial charge in [0.15, 0.2) is 0 Å².